The second-order valence-electron chi connectivity index (χ2n) is 5.10. The van der Waals surface area contributed by atoms with E-state index in [2.05, 4.69) is 21.3 Å². The second kappa shape index (κ2) is 10.6. The minimum atomic E-state index is 0.422. The molecule has 27 heavy (non-hydrogen) atoms. The van der Waals surface area contributed by atoms with Crippen LogP contribution in [-0.4, -0.2) is 19.7 Å². The molecule has 1 aromatic carbocycles. The van der Waals surface area contributed by atoms with E-state index in [9.17, 15) is 5.26 Å². The summed E-state index contributed by atoms with van der Waals surface area (Å²) < 4.78 is 2.28. The molecule has 0 spiro atoms. The molecule has 0 aliphatic heterocycles. The van der Waals surface area contributed by atoms with Gasteiger partial charge in [-0.1, -0.05) is 45.4 Å². The van der Waals surface area contributed by atoms with Gasteiger partial charge < -0.3 is 4.57 Å². The summed E-state index contributed by atoms with van der Waals surface area (Å²) >= 11 is 11.3. The second-order valence-corrected chi connectivity index (χ2v) is 5.88. The van der Waals surface area contributed by atoms with E-state index in [0.29, 0.717) is 21.3 Å². The number of aromatic amines is 1. The number of aryl methyl sites for hydroxylation is 1. The molecule has 3 aromatic rings. The number of aromatic nitrogens is 4. The lowest BCUT2D eigenvalue weighted by Crippen LogP contribution is -1.96. The molecule has 142 valence electrons. The predicted octanol–water partition coefficient (Wildman–Crippen LogP) is 6.09. The Morgan fingerprint density at radius 2 is 1.78 bits per heavy atom. The Balaban J connectivity index is 0.000000855. The Hall–Kier alpha value is -2.49. The van der Waals surface area contributed by atoms with E-state index in [4.69, 9.17) is 23.8 Å². The third-order valence-electron chi connectivity index (χ3n) is 3.50. The van der Waals surface area contributed by atoms with Crippen molar-refractivity contribution in [3.63, 3.8) is 0 Å². The fourth-order valence-corrected chi connectivity index (χ4v) is 2.80. The first-order valence-corrected chi connectivity index (χ1v) is 9.58. The summed E-state index contributed by atoms with van der Waals surface area (Å²) in [6, 6.07) is 11.3. The molecule has 0 aliphatic carbocycles. The van der Waals surface area contributed by atoms with E-state index < -0.39 is 0 Å². The minimum Gasteiger partial charge on any atom is -0.303 e. The van der Waals surface area contributed by atoms with Gasteiger partial charge in [0.2, 0.25) is 0 Å². The highest BCUT2D eigenvalue weighted by atomic mass is 35.5. The fraction of sp³-hybridized carbons (Fsp3) is 0.300. The molecule has 0 saturated heterocycles. The summed E-state index contributed by atoms with van der Waals surface area (Å²) in [5, 5.41) is 16.7. The number of hydrogen-bond acceptors (Lipinski definition) is 4. The average molecular weight is 402 g/mol. The van der Waals surface area contributed by atoms with Crippen molar-refractivity contribution in [2.75, 3.05) is 0 Å². The monoisotopic (exact) mass is 401 g/mol. The van der Waals surface area contributed by atoms with Crippen LogP contribution in [0.3, 0.4) is 0 Å². The van der Waals surface area contributed by atoms with Crippen molar-refractivity contribution in [2.24, 2.45) is 7.05 Å². The van der Waals surface area contributed by atoms with Gasteiger partial charge in [0, 0.05) is 18.3 Å². The van der Waals surface area contributed by atoms with E-state index >= 15 is 0 Å². The summed E-state index contributed by atoms with van der Waals surface area (Å²) in [6.07, 6.45) is 0. The molecule has 2 heterocycles. The minimum absolute atomic E-state index is 0.422. The fourth-order valence-electron chi connectivity index (χ4n) is 2.42. The summed E-state index contributed by atoms with van der Waals surface area (Å²) in [5.74, 6) is 0.660. The number of benzene rings is 1. The molecule has 0 radical (unpaired) electrons. The molecule has 0 aliphatic rings. The van der Waals surface area contributed by atoms with Crippen molar-refractivity contribution >= 4 is 23.8 Å². The lowest BCUT2D eigenvalue weighted by Gasteiger charge is -2.11. The Bertz CT molecular complexity index is 978. The SMILES string of the molecule is CC.CC.Cc1cc(-c2ccc(C#N)cc2-c2n[nH]c(=S)n2C)cc(Cl)n1. The summed E-state index contributed by atoms with van der Waals surface area (Å²) in [6.45, 7) is 9.88. The summed E-state index contributed by atoms with van der Waals surface area (Å²) in [5.41, 5.74) is 4.00. The summed E-state index contributed by atoms with van der Waals surface area (Å²) in [7, 11) is 1.83. The van der Waals surface area contributed by atoms with Crippen molar-refractivity contribution in [3.8, 4) is 28.6 Å². The highest BCUT2D eigenvalue weighted by Gasteiger charge is 2.14. The number of hydrogen-bond donors (Lipinski definition) is 1. The van der Waals surface area contributed by atoms with Gasteiger partial charge in [0.25, 0.3) is 0 Å². The zero-order chi connectivity index (χ0) is 20.6. The van der Waals surface area contributed by atoms with Crippen LogP contribution in [-0.2, 0) is 7.05 Å². The standard InChI is InChI=1S/C16H12ClN5S.2C2H6/c1-9-5-11(7-14(17)19-9)12-4-3-10(8-18)6-13(12)15-20-21-16(23)22(15)2;2*1-2/h3-7H,1-2H3,(H,21,23);2*1-2H3. The van der Waals surface area contributed by atoms with Gasteiger partial charge in [0.15, 0.2) is 10.6 Å². The van der Waals surface area contributed by atoms with Crippen molar-refractivity contribution < 1.29 is 0 Å². The van der Waals surface area contributed by atoms with Crippen LogP contribution in [0.4, 0.5) is 0 Å². The van der Waals surface area contributed by atoms with Gasteiger partial charge in [-0.05, 0) is 54.5 Å². The number of halogens is 1. The number of nitrogens with one attached hydrogen (secondary N) is 1. The van der Waals surface area contributed by atoms with Crippen LogP contribution in [0.1, 0.15) is 39.0 Å². The molecule has 0 fully saturated rings. The first-order valence-electron chi connectivity index (χ1n) is 8.80. The quantitative estimate of drug-likeness (QED) is 0.416. The molecule has 1 N–H and O–H groups in total. The van der Waals surface area contributed by atoms with Gasteiger partial charge in [0.1, 0.15) is 5.15 Å². The van der Waals surface area contributed by atoms with Gasteiger partial charge in [-0.15, -0.1) is 0 Å². The molecule has 3 rings (SSSR count). The highest BCUT2D eigenvalue weighted by Crippen LogP contribution is 2.33. The van der Waals surface area contributed by atoms with Crippen LogP contribution >= 0.6 is 23.8 Å². The van der Waals surface area contributed by atoms with E-state index in [1.165, 1.54) is 0 Å². The molecule has 0 atom stereocenters. The van der Waals surface area contributed by atoms with Crippen molar-refractivity contribution in [1.82, 2.24) is 19.7 Å². The average Bonchev–Trinajstić information content (AvgIpc) is 3.02. The molecule has 0 unspecified atom stereocenters. The predicted molar refractivity (Wildman–Crippen MR) is 114 cm³/mol. The molecule has 2 aromatic heterocycles. The number of pyridine rings is 1. The third kappa shape index (κ3) is 5.25. The molecular weight excluding hydrogens is 378 g/mol. The van der Waals surface area contributed by atoms with Crippen molar-refractivity contribution in [2.45, 2.75) is 34.6 Å². The van der Waals surface area contributed by atoms with Crippen LogP contribution in [0, 0.1) is 23.0 Å². The van der Waals surface area contributed by atoms with E-state index in [1.54, 1.807) is 22.8 Å². The highest BCUT2D eigenvalue weighted by molar-refractivity contribution is 7.71. The van der Waals surface area contributed by atoms with Crippen LogP contribution in [0.15, 0.2) is 30.3 Å². The smallest absolute Gasteiger partial charge is 0.195 e. The molecule has 7 heteroatoms. The largest absolute Gasteiger partial charge is 0.303 e. The number of nitrogens with zero attached hydrogens (tertiary/aromatic N) is 4. The van der Waals surface area contributed by atoms with E-state index in [0.717, 1.165) is 22.4 Å². The zero-order valence-corrected chi connectivity index (χ0v) is 18.0. The molecule has 0 bridgehead atoms. The van der Waals surface area contributed by atoms with Crippen LogP contribution in [0.25, 0.3) is 22.5 Å². The van der Waals surface area contributed by atoms with Crippen molar-refractivity contribution in [1.29, 1.82) is 5.26 Å². The van der Waals surface area contributed by atoms with E-state index in [-0.39, 0.29) is 0 Å². The van der Waals surface area contributed by atoms with E-state index in [1.807, 2.05) is 53.8 Å². The van der Waals surface area contributed by atoms with Gasteiger partial charge in [-0.2, -0.15) is 10.4 Å². The maximum absolute atomic E-state index is 9.20. The maximum Gasteiger partial charge on any atom is 0.195 e. The molecule has 5 nitrogen and oxygen atoms in total. The van der Waals surface area contributed by atoms with Crippen LogP contribution < -0.4 is 0 Å². The van der Waals surface area contributed by atoms with Gasteiger partial charge in [0.05, 0.1) is 11.6 Å². The number of nitriles is 1. The number of H-pyrrole nitrogens is 1. The lowest BCUT2D eigenvalue weighted by molar-refractivity contribution is 0.902. The molecule has 0 amide bonds. The van der Waals surface area contributed by atoms with Crippen molar-refractivity contribution in [3.05, 3.63) is 51.5 Å². The van der Waals surface area contributed by atoms with Gasteiger partial charge >= 0.3 is 0 Å². The Kier molecular flexibility index (Phi) is 8.86. The Labute approximate surface area is 170 Å². The number of rotatable bonds is 2. The first-order chi connectivity index (χ1) is 13.0. The van der Waals surface area contributed by atoms with Crippen LogP contribution in [0.2, 0.25) is 5.15 Å². The zero-order valence-electron chi connectivity index (χ0n) is 16.5. The Morgan fingerprint density at radius 3 is 2.30 bits per heavy atom. The maximum atomic E-state index is 9.20. The topological polar surface area (TPSA) is 70.3 Å². The normalized spacial score (nSPS) is 9.41. The van der Waals surface area contributed by atoms with Gasteiger partial charge in [-0.3, -0.25) is 5.10 Å². The third-order valence-corrected chi connectivity index (χ3v) is 4.06. The Morgan fingerprint density at radius 1 is 1.11 bits per heavy atom. The lowest BCUT2D eigenvalue weighted by atomic mass is 9.97. The van der Waals surface area contributed by atoms with Crippen LogP contribution in [0.5, 0.6) is 0 Å². The molecule has 0 saturated carbocycles. The van der Waals surface area contributed by atoms with Gasteiger partial charge in [-0.25, -0.2) is 4.98 Å². The first kappa shape index (κ1) is 22.6. The molecular formula is C20H24ClN5S. The summed E-state index contributed by atoms with van der Waals surface area (Å²) in [4.78, 5) is 4.19.